The number of aromatic nitrogens is 1. The first kappa shape index (κ1) is 11.8. The summed E-state index contributed by atoms with van der Waals surface area (Å²) in [6.07, 6.45) is 1.68. The van der Waals surface area contributed by atoms with E-state index in [-0.39, 0.29) is 5.78 Å². The summed E-state index contributed by atoms with van der Waals surface area (Å²) in [5.74, 6) is -0.0687. The second-order valence-electron chi connectivity index (χ2n) is 4.32. The Morgan fingerprint density at radius 3 is 2.74 bits per heavy atom. The van der Waals surface area contributed by atoms with Crippen molar-refractivity contribution >= 4 is 34.0 Å². The van der Waals surface area contributed by atoms with Crippen LogP contribution in [-0.4, -0.2) is 10.8 Å². The van der Waals surface area contributed by atoms with E-state index in [4.69, 9.17) is 17.3 Å². The lowest BCUT2D eigenvalue weighted by Crippen LogP contribution is -2.01. The van der Waals surface area contributed by atoms with E-state index in [1.54, 1.807) is 36.5 Å². The van der Waals surface area contributed by atoms with Crippen LogP contribution in [-0.2, 0) is 0 Å². The third-order valence-corrected chi connectivity index (χ3v) is 3.37. The molecule has 1 aromatic heterocycles. The summed E-state index contributed by atoms with van der Waals surface area (Å²) in [6.45, 7) is 0. The molecule has 19 heavy (non-hydrogen) atoms. The summed E-state index contributed by atoms with van der Waals surface area (Å²) >= 11 is 6.08. The van der Waals surface area contributed by atoms with E-state index in [0.29, 0.717) is 21.8 Å². The number of nitrogens with one attached hydrogen (secondary N) is 1. The van der Waals surface area contributed by atoms with Gasteiger partial charge in [-0.15, -0.1) is 0 Å². The highest BCUT2D eigenvalue weighted by atomic mass is 35.5. The number of nitrogens with two attached hydrogens (primary N) is 1. The fourth-order valence-corrected chi connectivity index (χ4v) is 2.37. The number of anilines is 1. The van der Waals surface area contributed by atoms with Gasteiger partial charge in [0.1, 0.15) is 0 Å². The molecule has 3 N–H and O–H groups in total. The number of aromatic amines is 1. The lowest BCUT2D eigenvalue weighted by molar-refractivity contribution is 0.104. The van der Waals surface area contributed by atoms with Gasteiger partial charge in [0, 0.05) is 28.4 Å². The molecule has 0 bridgehead atoms. The molecule has 0 aliphatic carbocycles. The zero-order valence-electron chi connectivity index (χ0n) is 9.98. The maximum Gasteiger partial charge on any atom is 0.195 e. The Kier molecular flexibility index (Phi) is 2.76. The normalized spacial score (nSPS) is 10.8. The topological polar surface area (TPSA) is 58.9 Å². The SMILES string of the molecule is Nc1cccc(C(=O)c2c[nH]c3c(Cl)cccc23)c1. The van der Waals surface area contributed by atoms with Gasteiger partial charge in [-0.1, -0.05) is 35.9 Å². The number of carbonyl (C=O) groups excluding carboxylic acids is 1. The smallest absolute Gasteiger partial charge is 0.195 e. The van der Waals surface area contributed by atoms with Crippen molar-refractivity contribution in [3.63, 3.8) is 0 Å². The van der Waals surface area contributed by atoms with Gasteiger partial charge < -0.3 is 10.7 Å². The van der Waals surface area contributed by atoms with Crippen molar-refractivity contribution in [2.45, 2.75) is 0 Å². The summed E-state index contributed by atoms with van der Waals surface area (Å²) in [5, 5.41) is 1.42. The Balaban J connectivity index is 2.15. The van der Waals surface area contributed by atoms with Crippen LogP contribution in [0.1, 0.15) is 15.9 Å². The number of para-hydroxylation sites is 1. The van der Waals surface area contributed by atoms with Gasteiger partial charge >= 0.3 is 0 Å². The number of hydrogen-bond donors (Lipinski definition) is 2. The number of halogens is 1. The van der Waals surface area contributed by atoms with Crippen molar-refractivity contribution < 1.29 is 4.79 Å². The van der Waals surface area contributed by atoms with Crippen molar-refractivity contribution in [2.75, 3.05) is 5.73 Å². The minimum absolute atomic E-state index is 0.0687. The molecule has 0 saturated heterocycles. The summed E-state index contributed by atoms with van der Waals surface area (Å²) in [4.78, 5) is 15.5. The highest BCUT2D eigenvalue weighted by Gasteiger charge is 2.15. The Hall–Kier alpha value is -2.26. The first-order valence-electron chi connectivity index (χ1n) is 5.82. The van der Waals surface area contributed by atoms with Crippen LogP contribution in [0.2, 0.25) is 5.02 Å². The lowest BCUT2D eigenvalue weighted by atomic mass is 10.0. The summed E-state index contributed by atoms with van der Waals surface area (Å²) in [5.41, 5.74) is 8.22. The maximum atomic E-state index is 12.5. The van der Waals surface area contributed by atoms with E-state index < -0.39 is 0 Å². The molecular weight excluding hydrogens is 260 g/mol. The van der Waals surface area contributed by atoms with E-state index in [1.807, 2.05) is 12.1 Å². The van der Waals surface area contributed by atoms with Crippen molar-refractivity contribution in [3.8, 4) is 0 Å². The zero-order chi connectivity index (χ0) is 13.4. The number of ketones is 1. The first-order valence-corrected chi connectivity index (χ1v) is 6.20. The molecule has 0 unspecified atom stereocenters. The predicted molar refractivity (Wildman–Crippen MR) is 77.6 cm³/mol. The van der Waals surface area contributed by atoms with Crippen LogP contribution < -0.4 is 5.73 Å². The number of H-pyrrole nitrogens is 1. The molecule has 0 spiro atoms. The van der Waals surface area contributed by atoms with Crippen LogP contribution in [0.25, 0.3) is 10.9 Å². The molecule has 0 aliphatic rings. The second-order valence-corrected chi connectivity index (χ2v) is 4.73. The number of fused-ring (bicyclic) bond motifs is 1. The number of hydrogen-bond acceptors (Lipinski definition) is 2. The molecule has 3 rings (SSSR count). The summed E-state index contributed by atoms with van der Waals surface area (Å²) in [6, 6.07) is 12.4. The van der Waals surface area contributed by atoms with Crippen LogP contribution in [0.4, 0.5) is 5.69 Å². The first-order chi connectivity index (χ1) is 9.16. The van der Waals surface area contributed by atoms with Gasteiger partial charge in [0.15, 0.2) is 5.78 Å². The van der Waals surface area contributed by atoms with Gasteiger partial charge in [-0.05, 0) is 18.2 Å². The molecular formula is C15H11ClN2O. The predicted octanol–water partition coefficient (Wildman–Crippen LogP) is 3.63. The molecule has 0 radical (unpaired) electrons. The number of nitrogen functional groups attached to an aromatic ring is 1. The van der Waals surface area contributed by atoms with E-state index in [9.17, 15) is 4.79 Å². The Bertz CT molecular complexity index is 777. The average molecular weight is 271 g/mol. The standard InChI is InChI=1S/C15H11ClN2O/c16-13-6-2-5-11-12(8-18-14(11)13)15(19)9-3-1-4-10(17)7-9/h1-8,18H,17H2. The van der Waals surface area contributed by atoms with Gasteiger partial charge in [0.25, 0.3) is 0 Å². The lowest BCUT2D eigenvalue weighted by Gasteiger charge is -2.01. The molecule has 0 fully saturated rings. The van der Waals surface area contributed by atoms with Crippen molar-refractivity contribution in [3.05, 3.63) is 64.8 Å². The molecule has 0 saturated carbocycles. The number of benzene rings is 2. The Labute approximate surface area is 115 Å². The van der Waals surface area contributed by atoms with Crippen LogP contribution >= 0.6 is 11.6 Å². The summed E-state index contributed by atoms with van der Waals surface area (Å²) in [7, 11) is 0. The largest absolute Gasteiger partial charge is 0.399 e. The second kappa shape index (κ2) is 4.44. The van der Waals surface area contributed by atoms with E-state index >= 15 is 0 Å². The van der Waals surface area contributed by atoms with Crippen LogP contribution in [0.5, 0.6) is 0 Å². The molecule has 0 amide bonds. The minimum atomic E-state index is -0.0687. The van der Waals surface area contributed by atoms with Crippen molar-refractivity contribution in [1.29, 1.82) is 0 Å². The molecule has 2 aromatic carbocycles. The van der Waals surface area contributed by atoms with Gasteiger partial charge in [0.05, 0.1) is 10.5 Å². The maximum absolute atomic E-state index is 12.5. The van der Waals surface area contributed by atoms with Crippen molar-refractivity contribution in [1.82, 2.24) is 4.98 Å². The number of carbonyl (C=O) groups is 1. The van der Waals surface area contributed by atoms with Gasteiger partial charge in [-0.2, -0.15) is 0 Å². The molecule has 0 atom stereocenters. The van der Waals surface area contributed by atoms with Gasteiger partial charge in [0.2, 0.25) is 0 Å². The minimum Gasteiger partial charge on any atom is -0.399 e. The van der Waals surface area contributed by atoms with E-state index in [1.165, 1.54) is 0 Å². The monoisotopic (exact) mass is 270 g/mol. The fourth-order valence-electron chi connectivity index (χ4n) is 2.14. The van der Waals surface area contributed by atoms with Crippen LogP contribution in [0, 0.1) is 0 Å². The molecule has 0 aliphatic heterocycles. The van der Waals surface area contributed by atoms with Gasteiger partial charge in [-0.25, -0.2) is 0 Å². The Morgan fingerprint density at radius 1 is 1.16 bits per heavy atom. The molecule has 1 heterocycles. The van der Waals surface area contributed by atoms with E-state index in [0.717, 1.165) is 10.9 Å². The highest BCUT2D eigenvalue weighted by Crippen LogP contribution is 2.27. The van der Waals surface area contributed by atoms with Crippen LogP contribution in [0.15, 0.2) is 48.7 Å². The van der Waals surface area contributed by atoms with Crippen LogP contribution in [0.3, 0.4) is 0 Å². The average Bonchev–Trinajstić information content (AvgIpc) is 2.83. The molecule has 94 valence electrons. The molecule has 3 aromatic rings. The molecule has 4 heteroatoms. The molecule has 3 nitrogen and oxygen atoms in total. The third kappa shape index (κ3) is 1.98. The van der Waals surface area contributed by atoms with Gasteiger partial charge in [-0.3, -0.25) is 4.79 Å². The third-order valence-electron chi connectivity index (χ3n) is 3.06. The quantitative estimate of drug-likeness (QED) is 0.552. The summed E-state index contributed by atoms with van der Waals surface area (Å²) < 4.78 is 0. The zero-order valence-corrected chi connectivity index (χ0v) is 10.7. The fraction of sp³-hybridized carbons (Fsp3) is 0. The number of rotatable bonds is 2. The highest BCUT2D eigenvalue weighted by molar-refractivity contribution is 6.35. The Morgan fingerprint density at radius 2 is 1.95 bits per heavy atom. The van der Waals surface area contributed by atoms with Crippen molar-refractivity contribution in [2.24, 2.45) is 0 Å². The van der Waals surface area contributed by atoms with E-state index in [2.05, 4.69) is 4.98 Å².